The number of ether oxygens (including phenoxy) is 1. The van der Waals surface area contributed by atoms with Gasteiger partial charge in [-0.05, 0) is 73.0 Å². The van der Waals surface area contributed by atoms with E-state index in [4.69, 9.17) is 9.16 Å². The first-order valence-electron chi connectivity index (χ1n) is 17.8. The minimum atomic E-state index is -2.17. The first-order valence-corrected chi connectivity index (χ1v) is 20.7. The zero-order valence-electron chi connectivity index (χ0n) is 29.6. The van der Waals surface area contributed by atoms with Crippen LogP contribution in [0.1, 0.15) is 122 Å². The lowest BCUT2D eigenvalue weighted by atomic mass is 9.87. The summed E-state index contributed by atoms with van der Waals surface area (Å²) in [4.78, 5) is 25.3. The summed E-state index contributed by atoms with van der Waals surface area (Å²) in [5.41, 5.74) is 4.21. The van der Waals surface area contributed by atoms with Gasteiger partial charge in [0.15, 0.2) is 8.32 Å². The standard InChI is InChI=1S/C40H60O5Si/c1-8-9-12-17-30(2)22-23-33-28-29-36(44-39(43)34-26-24-32(25-27-34)31-18-13-10-14-19-31)35(33)20-15-11-16-21-37(38(41)42)45-46(6,7)40(3,4)5/h10,13-14,18-19,24-28,30,35-37H,8-9,11-12,15-17,20-23,29H2,1-7H3,(H,41,42)/t30-,35+,36-,37?/m0/s1. The summed E-state index contributed by atoms with van der Waals surface area (Å²) in [6.07, 6.45) is 13.7. The molecule has 254 valence electrons. The molecule has 2 aromatic rings. The van der Waals surface area contributed by atoms with Crippen LogP contribution in [0.15, 0.2) is 66.2 Å². The number of hydrogen-bond acceptors (Lipinski definition) is 4. The molecule has 0 fully saturated rings. The van der Waals surface area contributed by atoms with Crippen LogP contribution in [-0.2, 0) is 14.0 Å². The quantitative estimate of drug-likeness (QED) is 0.0710. The smallest absolute Gasteiger partial charge is 0.338 e. The van der Waals surface area contributed by atoms with Gasteiger partial charge < -0.3 is 14.3 Å². The van der Waals surface area contributed by atoms with E-state index in [1.54, 1.807) is 0 Å². The molecule has 0 heterocycles. The molecule has 1 N–H and O–H groups in total. The van der Waals surface area contributed by atoms with E-state index in [-0.39, 0.29) is 23.0 Å². The van der Waals surface area contributed by atoms with Crippen molar-refractivity contribution in [2.24, 2.45) is 11.8 Å². The Balaban J connectivity index is 1.59. The van der Waals surface area contributed by atoms with Crippen molar-refractivity contribution >= 4 is 20.3 Å². The van der Waals surface area contributed by atoms with Gasteiger partial charge >= 0.3 is 11.9 Å². The summed E-state index contributed by atoms with van der Waals surface area (Å²) in [5, 5.41) is 9.83. The van der Waals surface area contributed by atoms with Gasteiger partial charge in [0.2, 0.25) is 0 Å². The summed E-state index contributed by atoms with van der Waals surface area (Å²) in [7, 11) is -2.17. The minimum Gasteiger partial charge on any atom is -0.479 e. The molecule has 0 bridgehead atoms. The fourth-order valence-electron chi connectivity index (χ4n) is 6.18. The predicted molar refractivity (Wildman–Crippen MR) is 193 cm³/mol. The van der Waals surface area contributed by atoms with Crippen LogP contribution in [0, 0.1) is 11.8 Å². The lowest BCUT2D eigenvalue weighted by molar-refractivity contribution is -0.146. The number of rotatable bonds is 19. The molecule has 3 rings (SSSR count). The van der Waals surface area contributed by atoms with Gasteiger partial charge in [0.1, 0.15) is 12.2 Å². The second-order valence-corrected chi connectivity index (χ2v) is 19.7. The Morgan fingerprint density at radius 1 is 0.891 bits per heavy atom. The zero-order valence-corrected chi connectivity index (χ0v) is 30.6. The number of carbonyl (C=O) groups is 2. The van der Waals surface area contributed by atoms with Gasteiger partial charge in [0.25, 0.3) is 0 Å². The van der Waals surface area contributed by atoms with Crippen LogP contribution in [-0.4, -0.2) is 37.6 Å². The second kappa shape index (κ2) is 18.0. The van der Waals surface area contributed by atoms with E-state index in [0.717, 1.165) is 49.7 Å². The maximum Gasteiger partial charge on any atom is 0.338 e. The van der Waals surface area contributed by atoms with Crippen LogP contribution in [0.3, 0.4) is 0 Å². The van der Waals surface area contributed by atoms with Crippen LogP contribution < -0.4 is 0 Å². The third-order valence-corrected chi connectivity index (χ3v) is 14.7. The van der Waals surface area contributed by atoms with Gasteiger partial charge in [-0.15, -0.1) is 0 Å². The first-order chi connectivity index (χ1) is 21.8. The molecule has 46 heavy (non-hydrogen) atoms. The van der Waals surface area contributed by atoms with Crippen LogP contribution >= 0.6 is 0 Å². The summed E-state index contributed by atoms with van der Waals surface area (Å²) in [6.45, 7) is 15.3. The largest absolute Gasteiger partial charge is 0.479 e. The summed E-state index contributed by atoms with van der Waals surface area (Å²) in [5.74, 6) is -0.215. The number of unbranched alkanes of at least 4 members (excludes halogenated alkanes) is 4. The molecule has 1 aliphatic carbocycles. The Labute approximate surface area is 280 Å². The third-order valence-electron chi connectivity index (χ3n) is 10.2. The van der Waals surface area contributed by atoms with Crippen LogP contribution in [0.5, 0.6) is 0 Å². The molecule has 0 radical (unpaired) electrons. The van der Waals surface area contributed by atoms with Crippen LogP contribution in [0.25, 0.3) is 11.1 Å². The van der Waals surface area contributed by atoms with E-state index in [9.17, 15) is 14.7 Å². The van der Waals surface area contributed by atoms with Crippen molar-refractivity contribution in [3.8, 4) is 11.1 Å². The van der Waals surface area contributed by atoms with Gasteiger partial charge in [-0.3, -0.25) is 0 Å². The van der Waals surface area contributed by atoms with E-state index >= 15 is 0 Å². The summed E-state index contributed by atoms with van der Waals surface area (Å²) < 4.78 is 12.5. The average Bonchev–Trinajstić information content (AvgIpc) is 3.39. The molecule has 4 atom stereocenters. The van der Waals surface area contributed by atoms with Crippen molar-refractivity contribution in [1.29, 1.82) is 0 Å². The number of carboxylic acids is 1. The number of hydrogen-bond donors (Lipinski definition) is 1. The maximum absolute atomic E-state index is 13.3. The van der Waals surface area contributed by atoms with E-state index in [1.807, 2.05) is 42.5 Å². The SMILES string of the molecule is CCCCC[C@H](C)CCC1=CC[C@H](OC(=O)c2ccc(-c3ccccc3)cc2)[C@@H]1CCCCCC(O[Si](C)(C)C(C)(C)C)C(=O)O. The van der Waals surface area contributed by atoms with Gasteiger partial charge in [-0.2, -0.15) is 0 Å². The van der Waals surface area contributed by atoms with Crippen molar-refractivity contribution in [1.82, 2.24) is 0 Å². The molecule has 0 saturated carbocycles. The monoisotopic (exact) mass is 648 g/mol. The number of benzene rings is 2. The number of carbonyl (C=O) groups excluding carboxylic acids is 1. The Hall–Kier alpha value is -2.70. The maximum atomic E-state index is 13.3. The van der Waals surface area contributed by atoms with Crippen molar-refractivity contribution in [3.05, 3.63) is 71.8 Å². The second-order valence-electron chi connectivity index (χ2n) is 15.0. The average molecular weight is 649 g/mol. The number of carboxylic acid groups (broad SMARTS) is 1. The van der Waals surface area contributed by atoms with Gasteiger partial charge in [0.05, 0.1) is 5.56 Å². The van der Waals surface area contributed by atoms with Crippen molar-refractivity contribution < 1.29 is 23.9 Å². The van der Waals surface area contributed by atoms with Gasteiger partial charge in [-0.25, -0.2) is 9.59 Å². The molecule has 2 aromatic carbocycles. The molecular weight excluding hydrogens is 589 g/mol. The highest BCUT2D eigenvalue weighted by atomic mass is 28.4. The highest BCUT2D eigenvalue weighted by Crippen LogP contribution is 2.39. The van der Waals surface area contributed by atoms with Crippen molar-refractivity contribution in [2.75, 3.05) is 0 Å². The molecule has 0 aliphatic heterocycles. The lowest BCUT2D eigenvalue weighted by Gasteiger charge is -2.38. The molecular formula is C40H60O5Si. The molecule has 0 aromatic heterocycles. The number of aliphatic carboxylic acids is 1. The van der Waals surface area contributed by atoms with E-state index in [2.05, 4.69) is 65.9 Å². The molecule has 0 amide bonds. The summed E-state index contributed by atoms with van der Waals surface area (Å²) in [6, 6.07) is 17.9. The normalized spacial score (nSPS) is 18.2. The van der Waals surface area contributed by atoms with Crippen LogP contribution in [0.4, 0.5) is 0 Å². The third kappa shape index (κ3) is 11.5. The molecule has 1 unspecified atom stereocenters. The highest BCUT2D eigenvalue weighted by Gasteiger charge is 2.40. The molecule has 1 aliphatic rings. The Morgan fingerprint density at radius 3 is 2.17 bits per heavy atom. The van der Waals surface area contributed by atoms with E-state index in [1.165, 1.54) is 37.7 Å². The fourth-order valence-corrected chi connectivity index (χ4v) is 7.47. The molecule has 0 saturated heterocycles. The van der Waals surface area contributed by atoms with Crippen LogP contribution in [0.2, 0.25) is 18.1 Å². The Morgan fingerprint density at radius 2 is 1.54 bits per heavy atom. The first kappa shape index (κ1) is 37.8. The number of esters is 1. The van der Waals surface area contributed by atoms with Gasteiger partial charge in [0, 0.05) is 12.3 Å². The molecule has 6 heteroatoms. The topological polar surface area (TPSA) is 72.8 Å². The summed E-state index contributed by atoms with van der Waals surface area (Å²) >= 11 is 0. The fraction of sp³-hybridized carbons (Fsp3) is 0.600. The van der Waals surface area contributed by atoms with E-state index in [0.29, 0.717) is 17.9 Å². The molecule has 0 spiro atoms. The van der Waals surface area contributed by atoms with Crippen molar-refractivity contribution in [2.45, 2.75) is 142 Å². The Bertz CT molecular complexity index is 1240. The zero-order chi connectivity index (χ0) is 33.7. The lowest BCUT2D eigenvalue weighted by Crippen LogP contribution is -2.46. The Kier molecular flexibility index (Phi) is 14.8. The molecule has 5 nitrogen and oxygen atoms in total. The predicted octanol–water partition coefficient (Wildman–Crippen LogP) is 11.2. The minimum absolute atomic E-state index is 0.0320. The van der Waals surface area contributed by atoms with Crippen molar-refractivity contribution in [3.63, 3.8) is 0 Å². The van der Waals surface area contributed by atoms with Gasteiger partial charge in [-0.1, -0.05) is 134 Å². The highest BCUT2D eigenvalue weighted by molar-refractivity contribution is 6.74. The van der Waals surface area contributed by atoms with E-state index < -0.39 is 20.4 Å².